The van der Waals surface area contributed by atoms with E-state index in [0.717, 1.165) is 50.4 Å². The summed E-state index contributed by atoms with van der Waals surface area (Å²) in [6, 6.07) is 0. The first-order chi connectivity index (χ1) is 11.6. The van der Waals surface area contributed by atoms with Crippen LogP contribution < -0.4 is 0 Å². The number of carbonyl (C=O) groups is 1. The number of carbonyl (C=O) groups excluding carboxylic acids is 1. The summed E-state index contributed by atoms with van der Waals surface area (Å²) < 4.78 is 0. The quantitative estimate of drug-likeness (QED) is 0.460. The SMILES string of the molecule is CC.CC.CCC.CCC(CC)=NOCC(=O)N1CCC(C)CC1. The Morgan fingerprint density at radius 1 is 1.00 bits per heavy atom. The smallest absolute Gasteiger partial charge is 0.263 e. The molecule has 1 saturated heterocycles. The number of oxime groups is 1. The van der Waals surface area contributed by atoms with Crippen LogP contribution in [0.15, 0.2) is 5.16 Å². The molecule has 24 heavy (non-hydrogen) atoms. The third-order valence-electron chi connectivity index (χ3n) is 3.33. The summed E-state index contributed by atoms with van der Waals surface area (Å²) in [5.41, 5.74) is 1.00. The zero-order valence-corrected chi connectivity index (χ0v) is 17.9. The molecule has 0 aliphatic carbocycles. The molecule has 0 atom stereocenters. The molecular formula is C20H44N2O2. The minimum atomic E-state index is 0.0622. The van der Waals surface area contributed by atoms with Gasteiger partial charge in [-0.15, -0.1) is 0 Å². The molecule has 0 radical (unpaired) electrons. The average Bonchev–Trinajstić information content (AvgIpc) is 2.63. The number of amides is 1. The van der Waals surface area contributed by atoms with Gasteiger partial charge in [0.1, 0.15) is 0 Å². The summed E-state index contributed by atoms with van der Waals surface area (Å²) in [7, 11) is 0. The molecule has 1 fully saturated rings. The Morgan fingerprint density at radius 2 is 1.42 bits per heavy atom. The predicted molar refractivity (Wildman–Crippen MR) is 108 cm³/mol. The summed E-state index contributed by atoms with van der Waals surface area (Å²) >= 11 is 0. The molecule has 146 valence electrons. The molecule has 4 nitrogen and oxygen atoms in total. The van der Waals surface area contributed by atoms with Gasteiger partial charge in [0, 0.05) is 13.1 Å². The van der Waals surface area contributed by atoms with Gasteiger partial charge in [-0.05, 0) is 31.6 Å². The lowest BCUT2D eigenvalue weighted by Gasteiger charge is -2.29. The largest absolute Gasteiger partial charge is 0.386 e. The van der Waals surface area contributed by atoms with Crippen LogP contribution in [0, 0.1) is 5.92 Å². The predicted octanol–water partition coefficient (Wildman–Crippen LogP) is 5.91. The third kappa shape index (κ3) is 15.8. The van der Waals surface area contributed by atoms with Gasteiger partial charge < -0.3 is 9.74 Å². The van der Waals surface area contributed by atoms with E-state index >= 15 is 0 Å². The van der Waals surface area contributed by atoms with Crippen molar-refractivity contribution < 1.29 is 9.63 Å². The molecule has 0 saturated carbocycles. The highest BCUT2D eigenvalue weighted by Gasteiger charge is 2.20. The number of rotatable bonds is 5. The van der Waals surface area contributed by atoms with Crippen LogP contribution in [0.1, 0.15) is 94.4 Å². The molecule has 1 aliphatic rings. The molecule has 1 aliphatic heterocycles. The summed E-state index contributed by atoms with van der Waals surface area (Å²) in [5, 5.41) is 3.98. The van der Waals surface area contributed by atoms with Gasteiger partial charge in [0.2, 0.25) is 0 Å². The topological polar surface area (TPSA) is 41.9 Å². The van der Waals surface area contributed by atoms with Gasteiger partial charge in [0.25, 0.3) is 5.91 Å². The van der Waals surface area contributed by atoms with Crippen molar-refractivity contribution in [1.29, 1.82) is 0 Å². The monoisotopic (exact) mass is 344 g/mol. The highest BCUT2D eigenvalue weighted by Crippen LogP contribution is 2.15. The van der Waals surface area contributed by atoms with Crippen LogP contribution in [0.3, 0.4) is 0 Å². The maximum Gasteiger partial charge on any atom is 0.263 e. The number of nitrogens with zero attached hydrogens (tertiary/aromatic N) is 2. The molecule has 1 amide bonds. The highest BCUT2D eigenvalue weighted by molar-refractivity contribution is 5.83. The molecule has 0 unspecified atom stereocenters. The third-order valence-corrected chi connectivity index (χ3v) is 3.33. The molecule has 1 rings (SSSR count). The summed E-state index contributed by atoms with van der Waals surface area (Å²) in [6.45, 7) is 20.4. The van der Waals surface area contributed by atoms with Crippen molar-refractivity contribution in [1.82, 2.24) is 4.90 Å². The lowest BCUT2D eigenvalue weighted by Crippen LogP contribution is -2.39. The highest BCUT2D eigenvalue weighted by atomic mass is 16.6. The van der Waals surface area contributed by atoms with Crippen molar-refractivity contribution in [3.8, 4) is 0 Å². The van der Waals surface area contributed by atoms with E-state index in [0.29, 0.717) is 0 Å². The summed E-state index contributed by atoms with van der Waals surface area (Å²) in [5.74, 6) is 0.803. The molecule has 4 heteroatoms. The van der Waals surface area contributed by atoms with E-state index < -0.39 is 0 Å². The lowest BCUT2D eigenvalue weighted by molar-refractivity contribution is -0.137. The van der Waals surface area contributed by atoms with Crippen LogP contribution in [0.2, 0.25) is 0 Å². The molecule has 0 aromatic heterocycles. The molecule has 0 N–H and O–H groups in total. The maximum absolute atomic E-state index is 11.8. The second kappa shape index (κ2) is 21.9. The van der Waals surface area contributed by atoms with Crippen molar-refractivity contribution in [2.24, 2.45) is 11.1 Å². The van der Waals surface area contributed by atoms with Crippen LogP contribution in [0.25, 0.3) is 0 Å². The average molecular weight is 345 g/mol. The Balaban J connectivity index is -0.000000549. The molecule has 1 heterocycles. The first-order valence-electron chi connectivity index (χ1n) is 10.0. The summed E-state index contributed by atoms with van der Waals surface area (Å²) in [4.78, 5) is 18.8. The molecule has 0 spiro atoms. The molecular weight excluding hydrogens is 300 g/mol. The minimum Gasteiger partial charge on any atom is -0.386 e. The van der Waals surface area contributed by atoms with Gasteiger partial charge in [-0.3, -0.25) is 4.79 Å². The number of piperidine rings is 1. The second-order valence-corrected chi connectivity index (χ2v) is 5.41. The first-order valence-corrected chi connectivity index (χ1v) is 10.0. The summed E-state index contributed by atoms with van der Waals surface area (Å²) in [6.07, 6.45) is 5.21. The fraction of sp³-hybridized carbons (Fsp3) is 0.900. The lowest BCUT2D eigenvalue weighted by atomic mass is 9.99. The van der Waals surface area contributed by atoms with Crippen LogP contribution >= 0.6 is 0 Å². The Hall–Kier alpha value is -1.06. The Bertz CT molecular complexity index is 277. The van der Waals surface area contributed by atoms with Crippen molar-refractivity contribution in [3.05, 3.63) is 0 Å². The van der Waals surface area contributed by atoms with Crippen LogP contribution in [0.5, 0.6) is 0 Å². The zero-order chi connectivity index (χ0) is 19.4. The van der Waals surface area contributed by atoms with Crippen LogP contribution in [0.4, 0.5) is 0 Å². The van der Waals surface area contributed by atoms with Crippen LogP contribution in [-0.4, -0.2) is 36.2 Å². The Labute approximate surface area is 152 Å². The van der Waals surface area contributed by atoms with E-state index in [2.05, 4.69) is 25.9 Å². The van der Waals surface area contributed by atoms with Gasteiger partial charge >= 0.3 is 0 Å². The van der Waals surface area contributed by atoms with Crippen molar-refractivity contribution in [3.63, 3.8) is 0 Å². The van der Waals surface area contributed by atoms with E-state index in [4.69, 9.17) is 4.84 Å². The zero-order valence-electron chi connectivity index (χ0n) is 17.9. The van der Waals surface area contributed by atoms with E-state index in [9.17, 15) is 4.79 Å². The normalized spacial score (nSPS) is 13.1. The molecule has 0 aromatic rings. The van der Waals surface area contributed by atoms with E-state index in [1.807, 2.05) is 46.4 Å². The van der Waals surface area contributed by atoms with Crippen molar-refractivity contribution in [2.45, 2.75) is 94.4 Å². The first kappa shape index (κ1) is 27.8. The number of hydrogen-bond donors (Lipinski definition) is 0. The standard InChI is InChI=1S/C13H24N2O2.C3H8.2C2H6/c1-4-12(5-2)14-17-10-13(16)15-8-6-11(3)7-9-15;1-3-2;2*1-2/h11H,4-10H2,1-3H3;3H2,1-2H3;2*1-2H3. The number of hydrogen-bond acceptors (Lipinski definition) is 3. The molecule has 0 aromatic carbocycles. The molecule has 0 bridgehead atoms. The van der Waals surface area contributed by atoms with E-state index in [1.54, 1.807) is 0 Å². The van der Waals surface area contributed by atoms with Gasteiger partial charge in [-0.2, -0.15) is 0 Å². The second-order valence-electron chi connectivity index (χ2n) is 5.41. The number of likely N-dealkylation sites (tertiary alicyclic amines) is 1. The van der Waals surface area contributed by atoms with E-state index in [1.165, 1.54) is 6.42 Å². The van der Waals surface area contributed by atoms with Gasteiger partial charge in [0.15, 0.2) is 6.61 Å². The fourth-order valence-corrected chi connectivity index (χ4v) is 1.91. The van der Waals surface area contributed by atoms with Crippen molar-refractivity contribution in [2.75, 3.05) is 19.7 Å². The van der Waals surface area contributed by atoms with E-state index in [-0.39, 0.29) is 12.5 Å². The maximum atomic E-state index is 11.8. The Morgan fingerprint density at radius 3 is 1.79 bits per heavy atom. The van der Waals surface area contributed by atoms with Gasteiger partial charge in [-0.25, -0.2) is 0 Å². The van der Waals surface area contributed by atoms with Crippen LogP contribution in [-0.2, 0) is 9.63 Å². The fourth-order valence-electron chi connectivity index (χ4n) is 1.91. The van der Waals surface area contributed by atoms with Gasteiger partial charge in [0.05, 0.1) is 5.71 Å². The minimum absolute atomic E-state index is 0.0622. The van der Waals surface area contributed by atoms with Gasteiger partial charge in [-0.1, -0.05) is 73.9 Å². The van der Waals surface area contributed by atoms with Crippen molar-refractivity contribution >= 4 is 11.6 Å². The Kier molecular flexibility index (Phi) is 25.4.